The second kappa shape index (κ2) is 8.00. The van der Waals surface area contributed by atoms with Gasteiger partial charge in [0, 0.05) is 12.1 Å². The molecular formula is C19H20F5N3OS. The highest BCUT2D eigenvalue weighted by Gasteiger charge is 2.44. The quantitative estimate of drug-likeness (QED) is 0.616. The number of halogens is 5. The zero-order chi connectivity index (χ0) is 21.4. The smallest absolute Gasteiger partial charge is 0.312 e. The zero-order valence-electron chi connectivity index (χ0n) is 15.4. The van der Waals surface area contributed by atoms with Crippen LogP contribution >= 0.6 is 0 Å². The van der Waals surface area contributed by atoms with Gasteiger partial charge in [-0.2, -0.15) is 13.2 Å². The molecule has 158 valence electrons. The number of aryl methyl sites for hydroxylation is 1. The molecule has 0 amide bonds. The fraction of sp³-hybridized carbons (Fsp3) is 0.368. The summed E-state index contributed by atoms with van der Waals surface area (Å²) in [7, 11) is -4.98. The van der Waals surface area contributed by atoms with Gasteiger partial charge in [-0.05, 0) is 72.8 Å². The Morgan fingerprint density at radius 2 is 1.72 bits per heavy atom. The van der Waals surface area contributed by atoms with E-state index in [-0.39, 0.29) is 12.8 Å². The molecule has 0 aliphatic carbocycles. The largest absolute Gasteiger partial charge is 0.492 e. The first-order valence-corrected chi connectivity index (χ1v) is 10.4. The standard InChI is InChI=1S/C19H20F5N3OS/c1-11-4-13(9-15(20)5-11)14-6-12(7-16(21)10-14)8-18-17(2-3-26-18)27-29(25,28)19(22,23)24/h4-7,9-10,17-18,26H,2-3,8H2,1H3,(H2,25,27,28)/t17-,18-,29?/m0/s1. The van der Waals surface area contributed by atoms with Crippen LogP contribution in [-0.4, -0.2) is 28.3 Å². The third-order valence-corrected chi connectivity index (χ3v) is 6.07. The first kappa shape index (κ1) is 21.7. The van der Waals surface area contributed by atoms with Crippen molar-refractivity contribution in [2.45, 2.75) is 37.4 Å². The minimum absolute atomic E-state index is 0.157. The normalized spacial score (nSPS) is 21.9. The number of hydrogen-bond acceptors (Lipinski definition) is 3. The predicted molar refractivity (Wildman–Crippen MR) is 100 cm³/mol. The van der Waals surface area contributed by atoms with Crippen molar-refractivity contribution >= 4 is 9.92 Å². The summed E-state index contributed by atoms with van der Waals surface area (Å²) < 4.78 is 86.8. The molecule has 3 atom stereocenters. The van der Waals surface area contributed by atoms with Gasteiger partial charge in [0.1, 0.15) is 11.6 Å². The monoisotopic (exact) mass is 433 g/mol. The van der Waals surface area contributed by atoms with Crippen LogP contribution in [0, 0.1) is 23.3 Å². The Balaban J connectivity index is 1.83. The summed E-state index contributed by atoms with van der Waals surface area (Å²) in [5.41, 5.74) is -3.07. The highest BCUT2D eigenvalue weighted by molar-refractivity contribution is 7.91. The SMILES string of the molecule is Cc1cc(F)cc(-c2cc(F)cc(C[C@@H]3NCC[C@@H]3NS(=N)(=O)C(F)(F)F)c2)c1. The van der Waals surface area contributed by atoms with E-state index >= 15 is 0 Å². The fourth-order valence-electron chi connectivity index (χ4n) is 3.49. The number of nitrogens with one attached hydrogen (secondary N) is 3. The number of benzene rings is 2. The molecule has 2 aromatic carbocycles. The molecule has 3 N–H and O–H groups in total. The predicted octanol–water partition coefficient (Wildman–Crippen LogP) is 4.28. The lowest BCUT2D eigenvalue weighted by Gasteiger charge is -2.23. The highest BCUT2D eigenvalue weighted by Crippen LogP contribution is 2.27. The maximum absolute atomic E-state index is 14.2. The van der Waals surface area contributed by atoms with Gasteiger partial charge in [0.2, 0.25) is 9.92 Å². The number of hydrogen-bond donors (Lipinski definition) is 3. The summed E-state index contributed by atoms with van der Waals surface area (Å²) in [5.74, 6) is -1.01. The topological polar surface area (TPSA) is 65.0 Å². The fourth-order valence-corrected chi connectivity index (χ4v) is 4.34. The first-order chi connectivity index (χ1) is 13.4. The Morgan fingerprint density at radius 1 is 1.10 bits per heavy atom. The van der Waals surface area contributed by atoms with E-state index in [1.54, 1.807) is 19.1 Å². The van der Waals surface area contributed by atoms with Crippen LogP contribution in [0.15, 0.2) is 36.4 Å². The van der Waals surface area contributed by atoms with Crippen molar-refractivity contribution in [3.05, 3.63) is 59.2 Å². The molecule has 0 aromatic heterocycles. The molecule has 0 saturated carbocycles. The van der Waals surface area contributed by atoms with Crippen LogP contribution in [0.2, 0.25) is 0 Å². The van der Waals surface area contributed by atoms with Crippen molar-refractivity contribution in [1.29, 1.82) is 4.78 Å². The molecule has 4 nitrogen and oxygen atoms in total. The molecule has 1 aliphatic rings. The van der Waals surface area contributed by atoms with E-state index < -0.39 is 39.1 Å². The number of alkyl halides is 3. The van der Waals surface area contributed by atoms with E-state index in [1.165, 1.54) is 24.3 Å². The highest BCUT2D eigenvalue weighted by atomic mass is 32.2. The van der Waals surface area contributed by atoms with E-state index in [0.717, 1.165) is 0 Å². The Morgan fingerprint density at radius 3 is 2.34 bits per heavy atom. The Kier molecular flexibility index (Phi) is 5.98. The van der Waals surface area contributed by atoms with Gasteiger partial charge >= 0.3 is 5.51 Å². The molecule has 0 spiro atoms. The van der Waals surface area contributed by atoms with Gasteiger partial charge in [0.25, 0.3) is 0 Å². The van der Waals surface area contributed by atoms with Crippen molar-refractivity contribution in [2.24, 2.45) is 0 Å². The van der Waals surface area contributed by atoms with Crippen LogP contribution in [0.4, 0.5) is 22.0 Å². The Bertz CT molecular complexity index is 987. The summed E-state index contributed by atoms with van der Waals surface area (Å²) in [4.78, 5) is 0. The Labute approximate surface area is 165 Å². The molecule has 1 unspecified atom stereocenters. The lowest BCUT2D eigenvalue weighted by molar-refractivity contribution is -0.0420. The third-order valence-electron chi connectivity index (χ3n) is 4.78. The molecule has 0 bridgehead atoms. The molecule has 0 radical (unpaired) electrons. The van der Waals surface area contributed by atoms with Crippen molar-refractivity contribution in [3.8, 4) is 11.1 Å². The molecule has 1 saturated heterocycles. The van der Waals surface area contributed by atoms with Gasteiger partial charge in [-0.15, -0.1) is 0 Å². The molecular weight excluding hydrogens is 413 g/mol. The summed E-state index contributed by atoms with van der Waals surface area (Å²) >= 11 is 0. The van der Waals surface area contributed by atoms with Crippen LogP contribution in [0.1, 0.15) is 17.5 Å². The van der Waals surface area contributed by atoms with Crippen molar-refractivity contribution in [3.63, 3.8) is 0 Å². The first-order valence-electron chi connectivity index (χ1n) is 8.87. The van der Waals surface area contributed by atoms with Gasteiger partial charge in [0.15, 0.2) is 0 Å². The lowest BCUT2D eigenvalue weighted by Crippen LogP contribution is -2.48. The van der Waals surface area contributed by atoms with Gasteiger partial charge < -0.3 is 5.32 Å². The van der Waals surface area contributed by atoms with Gasteiger partial charge in [0.05, 0.1) is 0 Å². The second-order valence-electron chi connectivity index (χ2n) is 7.15. The zero-order valence-corrected chi connectivity index (χ0v) is 16.3. The summed E-state index contributed by atoms with van der Waals surface area (Å²) in [6, 6.07) is 7.08. The van der Waals surface area contributed by atoms with E-state index in [2.05, 4.69) is 5.32 Å². The Hall–Kier alpha value is -2.04. The van der Waals surface area contributed by atoms with Crippen molar-refractivity contribution in [2.75, 3.05) is 6.54 Å². The molecule has 10 heteroatoms. The number of rotatable bonds is 5. The molecule has 3 rings (SSSR count). The van der Waals surface area contributed by atoms with Gasteiger partial charge in [-0.3, -0.25) is 0 Å². The van der Waals surface area contributed by atoms with Crippen molar-refractivity contribution in [1.82, 2.24) is 10.0 Å². The van der Waals surface area contributed by atoms with Crippen LogP contribution in [0.25, 0.3) is 11.1 Å². The molecule has 1 fully saturated rings. The molecule has 1 heterocycles. The minimum Gasteiger partial charge on any atom is -0.312 e. The second-order valence-corrected chi connectivity index (χ2v) is 8.96. The molecule has 2 aromatic rings. The molecule has 29 heavy (non-hydrogen) atoms. The summed E-state index contributed by atoms with van der Waals surface area (Å²) in [5, 5.41) is 3.00. The third kappa shape index (κ3) is 5.12. The van der Waals surface area contributed by atoms with E-state index in [0.29, 0.717) is 28.8 Å². The van der Waals surface area contributed by atoms with E-state index in [9.17, 15) is 26.2 Å². The minimum atomic E-state index is -5.18. The maximum atomic E-state index is 14.2. The molecule has 1 aliphatic heterocycles. The van der Waals surface area contributed by atoms with Crippen LogP contribution in [-0.2, 0) is 16.3 Å². The van der Waals surface area contributed by atoms with E-state index in [1.807, 2.05) is 4.72 Å². The summed E-state index contributed by atoms with van der Waals surface area (Å²) in [6.07, 6.45) is 0.409. The van der Waals surface area contributed by atoms with Crippen LogP contribution in [0.3, 0.4) is 0 Å². The van der Waals surface area contributed by atoms with Crippen molar-refractivity contribution < 1.29 is 26.2 Å². The average molecular weight is 433 g/mol. The lowest BCUT2D eigenvalue weighted by atomic mass is 9.96. The van der Waals surface area contributed by atoms with Gasteiger partial charge in [-0.25, -0.2) is 22.5 Å². The van der Waals surface area contributed by atoms with Gasteiger partial charge in [-0.1, -0.05) is 12.1 Å². The van der Waals surface area contributed by atoms with Crippen LogP contribution < -0.4 is 10.0 Å². The summed E-state index contributed by atoms with van der Waals surface area (Å²) in [6.45, 7) is 2.09. The van der Waals surface area contributed by atoms with E-state index in [4.69, 9.17) is 4.78 Å². The van der Waals surface area contributed by atoms with Crippen LogP contribution in [0.5, 0.6) is 0 Å². The maximum Gasteiger partial charge on any atom is 0.492 e. The average Bonchev–Trinajstić information content (AvgIpc) is 2.98.